The van der Waals surface area contributed by atoms with Crippen LogP contribution in [-0.2, 0) is 32.4 Å². The molecule has 0 atom stereocenters. The molecule has 0 fully saturated rings. The average Bonchev–Trinajstić information content (AvgIpc) is 2.65. The average molecular weight is 452 g/mol. The molecular weight excluding hydrogens is 442 g/mol. The molecule has 0 aliphatic carbocycles. The molecule has 0 aliphatic heterocycles. The van der Waals surface area contributed by atoms with Gasteiger partial charge in [-0.2, -0.15) is 5.11 Å². The SMILES string of the molecule is O=S(=O)([O-])c1ccc2c(N=Nc3ccc(OOO[S-])cc3)c(O)ccc2c1.[Na+].[Na+]. The van der Waals surface area contributed by atoms with Crippen LogP contribution in [-0.4, -0.2) is 18.1 Å². The van der Waals surface area contributed by atoms with Gasteiger partial charge in [0.2, 0.25) is 0 Å². The Morgan fingerprint density at radius 2 is 1.66 bits per heavy atom. The van der Waals surface area contributed by atoms with Gasteiger partial charge in [-0.3, -0.25) is 0 Å². The van der Waals surface area contributed by atoms with Crippen LogP contribution in [0, 0.1) is 0 Å². The molecule has 0 heterocycles. The monoisotopic (exact) mass is 452 g/mol. The molecule has 13 heteroatoms. The summed E-state index contributed by atoms with van der Waals surface area (Å²) in [6.07, 6.45) is 0. The van der Waals surface area contributed by atoms with Gasteiger partial charge < -0.3 is 31.8 Å². The van der Waals surface area contributed by atoms with E-state index in [1.165, 1.54) is 36.4 Å². The molecule has 1 N–H and O–H groups in total. The van der Waals surface area contributed by atoms with Crippen LogP contribution in [0.25, 0.3) is 10.8 Å². The summed E-state index contributed by atoms with van der Waals surface area (Å²) in [6, 6.07) is 12.7. The summed E-state index contributed by atoms with van der Waals surface area (Å²) in [7, 11) is -4.59. The van der Waals surface area contributed by atoms with Gasteiger partial charge in [-0.25, -0.2) is 8.42 Å². The van der Waals surface area contributed by atoms with Crippen molar-refractivity contribution in [3.8, 4) is 11.5 Å². The zero-order valence-electron chi connectivity index (χ0n) is 15.3. The van der Waals surface area contributed by atoms with Crippen LogP contribution < -0.4 is 64.0 Å². The molecule has 3 rings (SSSR count). The summed E-state index contributed by atoms with van der Waals surface area (Å²) in [6.45, 7) is 0. The molecule has 0 unspecified atom stereocenters. The predicted molar refractivity (Wildman–Crippen MR) is 94.4 cm³/mol. The molecule has 0 aliphatic rings. The number of azo groups is 1. The van der Waals surface area contributed by atoms with Gasteiger partial charge in [0.05, 0.1) is 10.6 Å². The van der Waals surface area contributed by atoms with Crippen molar-refractivity contribution in [2.45, 2.75) is 4.90 Å². The number of phenolic OH excluding ortho intramolecular Hbond substituents is 1. The van der Waals surface area contributed by atoms with Crippen molar-refractivity contribution in [3.63, 3.8) is 0 Å². The first-order valence-corrected chi connectivity index (χ1v) is 8.99. The molecule has 0 radical (unpaired) electrons. The maximum atomic E-state index is 11.2. The first-order valence-electron chi connectivity index (χ1n) is 7.25. The second kappa shape index (κ2) is 11.6. The van der Waals surface area contributed by atoms with Crippen molar-refractivity contribution in [2.75, 3.05) is 0 Å². The summed E-state index contributed by atoms with van der Waals surface area (Å²) in [5, 5.41) is 23.1. The fraction of sp³-hybridized carbons (Fsp3) is 0. The second-order valence-electron chi connectivity index (χ2n) is 5.18. The topological polar surface area (TPSA) is 130 Å². The fourth-order valence-corrected chi connectivity index (χ4v) is 2.80. The number of nitrogens with zero attached hydrogens (tertiary/aromatic N) is 2. The standard InChI is InChI=1S/C16H12N2O7S2.2Na/c19-15-8-1-10-9-13(27(20,21)22)6-7-14(10)16(15)18-17-11-2-4-12(5-3-11)23-24-25-26;;/h1-9,19,26H,(H,20,21,22);;/q;2*+1/p-2. The van der Waals surface area contributed by atoms with Crippen molar-refractivity contribution < 1.29 is 91.5 Å². The van der Waals surface area contributed by atoms with E-state index < -0.39 is 10.1 Å². The minimum atomic E-state index is -4.59. The number of hydrogen-bond acceptors (Lipinski definition) is 10. The van der Waals surface area contributed by atoms with Crippen LogP contribution in [0.15, 0.2) is 69.7 Å². The van der Waals surface area contributed by atoms with Crippen molar-refractivity contribution in [2.24, 2.45) is 10.2 Å². The Hall–Kier alpha value is -0.700. The number of rotatable bonds is 6. The van der Waals surface area contributed by atoms with Crippen LogP contribution in [0.2, 0.25) is 0 Å². The normalized spacial score (nSPS) is 11.1. The van der Waals surface area contributed by atoms with Crippen molar-refractivity contribution >= 4 is 45.2 Å². The van der Waals surface area contributed by atoms with E-state index >= 15 is 0 Å². The Labute approximate surface area is 215 Å². The third-order valence-corrected chi connectivity index (χ3v) is 4.38. The molecule has 3 aromatic carbocycles. The van der Waals surface area contributed by atoms with E-state index in [-0.39, 0.29) is 75.4 Å². The molecule has 140 valence electrons. The quantitative estimate of drug-likeness (QED) is 0.109. The molecule has 0 spiro atoms. The smallest absolute Gasteiger partial charge is 0.744 e. The van der Waals surface area contributed by atoms with Crippen LogP contribution >= 0.6 is 0 Å². The summed E-state index contributed by atoms with van der Waals surface area (Å²) in [4.78, 5) is 4.30. The number of aromatic hydroxyl groups is 1. The first kappa shape index (κ1) is 26.3. The maximum absolute atomic E-state index is 11.2. The molecule has 0 bridgehead atoms. The van der Waals surface area contributed by atoms with Crippen molar-refractivity contribution in [1.82, 2.24) is 0 Å². The zero-order chi connectivity index (χ0) is 19.4. The molecule has 3 aromatic rings. The maximum Gasteiger partial charge on any atom is 1.00 e. The van der Waals surface area contributed by atoms with Gasteiger partial charge >= 0.3 is 59.1 Å². The Balaban J connectivity index is 0.00000210. The van der Waals surface area contributed by atoms with Gasteiger partial charge in [0.15, 0.2) is 5.75 Å². The van der Waals surface area contributed by atoms with Crippen LogP contribution in [0.4, 0.5) is 11.4 Å². The van der Waals surface area contributed by atoms with Gasteiger partial charge in [-0.15, -0.1) is 5.11 Å². The zero-order valence-corrected chi connectivity index (χ0v) is 20.9. The predicted octanol–water partition coefficient (Wildman–Crippen LogP) is -2.42. The van der Waals surface area contributed by atoms with Crippen LogP contribution in [0.5, 0.6) is 11.5 Å². The molecule has 0 amide bonds. The number of fused-ring (bicyclic) bond motifs is 1. The van der Waals surface area contributed by atoms with E-state index in [9.17, 15) is 18.1 Å². The van der Waals surface area contributed by atoms with E-state index in [0.717, 1.165) is 6.07 Å². The molecular formula is C16H10N2Na2O7S2. The van der Waals surface area contributed by atoms with E-state index in [2.05, 4.69) is 37.4 Å². The summed E-state index contributed by atoms with van der Waals surface area (Å²) in [5.74, 6) is 0.165. The minimum absolute atomic E-state index is 0. The molecule has 29 heavy (non-hydrogen) atoms. The van der Waals surface area contributed by atoms with E-state index in [0.29, 0.717) is 22.2 Å². The Morgan fingerprint density at radius 3 is 2.28 bits per heavy atom. The van der Waals surface area contributed by atoms with E-state index in [1.54, 1.807) is 12.1 Å². The summed E-state index contributed by atoms with van der Waals surface area (Å²) < 4.78 is 37.4. The van der Waals surface area contributed by atoms with Crippen LogP contribution in [0.1, 0.15) is 0 Å². The van der Waals surface area contributed by atoms with E-state index in [1.807, 2.05) is 0 Å². The molecule has 0 aromatic heterocycles. The Kier molecular flexibility index (Phi) is 10.6. The molecule has 0 saturated heterocycles. The number of benzene rings is 3. The van der Waals surface area contributed by atoms with Crippen LogP contribution in [0.3, 0.4) is 0 Å². The molecule has 9 nitrogen and oxygen atoms in total. The second-order valence-corrected chi connectivity index (χ2v) is 6.70. The molecule has 0 saturated carbocycles. The van der Waals surface area contributed by atoms with Gasteiger partial charge in [0, 0.05) is 5.39 Å². The fourth-order valence-electron chi connectivity index (χ4n) is 2.27. The third-order valence-electron chi connectivity index (χ3n) is 3.49. The first-order chi connectivity index (χ1) is 12.9. The largest absolute Gasteiger partial charge is 1.00 e. The minimum Gasteiger partial charge on any atom is -0.744 e. The summed E-state index contributed by atoms with van der Waals surface area (Å²) in [5.41, 5.74) is 0.572. The Bertz CT molecular complexity index is 1110. The van der Waals surface area contributed by atoms with E-state index in [4.69, 9.17) is 0 Å². The van der Waals surface area contributed by atoms with Crippen molar-refractivity contribution in [3.05, 3.63) is 54.6 Å². The number of phenols is 1. The third kappa shape index (κ3) is 6.91. The number of hydrogen-bond donors (Lipinski definition) is 1. The Morgan fingerprint density at radius 1 is 0.966 bits per heavy atom. The summed E-state index contributed by atoms with van der Waals surface area (Å²) >= 11 is 4.10. The van der Waals surface area contributed by atoms with Gasteiger partial charge in [-0.05, 0) is 52.9 Å². The van der Waals surface area contributed by atoms with Crippen molar-refractivity contribution in [1.29, 1.82) is 0 Å². The van der Waals surface area contributed by atoms with Gasteiger partial charge in [0.25, 0.3) is 0 Å². The van der Waals surface area contributed by atoms with Gasteiger partial charge in [0.1, 0.15) is 21.6 Å². The van der Waals surface area contributed by atoms with Gasteiger partial charge in [-0.1, -0.05) is 12.1 Å².